The number of pyridine rings is 1. The van der Waals surface area contributed by atoms with Crippen LogP contribution in [0.5, 0.6) is 0 Å². The molecular formula is C13H10FNO3. The Kier molecular flexibility index (Phi) is 3.23. The van der Waals surface area contributed by atoms with E-state index < -0.39 is 11.8 Å². The van der Waals surface area contributed by atoms with Crippen molar-refractivity contribution in [3.8, 4) is 11.1 Å². The van der Waals surface area contributed by atoms with Crippen molar-refractivity contribution >= 4 is 5.97 Å². The van der Waals surface area contributed by atoms with Gasteiger partial charge in [-0.1, -0.05) is 0 Å². The van der Waals surface area contributed by atoms with Crippen LogP contribution in [0.4, 0.5) is 4.39 Å². The van der Waals surface area contributed by atoms with Crippen LogP contribution in [0.2, 0.25) is 0 Å². The summed E-state index contributed by atoms with van der Waals surface area (Å²) < 4.78 is 18.3. The van der Waals surface area contributed by atoms with Gasteiger partial charge in [-0.15, -0.1) is 0 Å². The zero-order valence-electron chi connectivity index (χ0n) is 9.57. The summed E-state index contributed by atoms with van der Waals surface area (Å²) in [6.07, 6.45) is 1.42. The number of carbonyl (C=O) groups is 1. The van der Waals surface area contributed by atoms with Crippen molar-refractivity contribution in [1.29, 1.82) is 0 Å². The lowest BCUT2D eigenvalue weighted by Gasteiger charge is -2.05. The van der Waals surface area contributed by atoms with Gasteiger partial charge in [0.25, 0.3) is 0 Å². The van der Waals surface area contributed by atoms with Crippen LogP contribution in [0, 0.1) is 5.82 Å². The second kappa shape index (κ2) is 4.83. The smallest absolute Gasteiger partial charge is 0.337 e. The van der Waals surface area contributed by atoms with Crippen molar-refractivity contribution in [2.75, 3.05) is 7.11 Å². The molecule has 0 aliphatic rings. The minimum absolute atomic E-state index is 0.184. The fourth-order valence-electron chi connectivity index (χ4n) is 1.60. The average molecular weight is 247 g/mol. The molecule has 0 unspecified atom stereocenters. The van der Waals surface area contributed by atoms with E-state index in [1.165, 1.54) is 37.6 Å². The lowest BCUT2D eigenvalue weighted by molar-refractivity contribution is 0.0600. The van der Waals surface area contributed by atoms with E-state index in [0.29, 0.717) is 5.56 Å². The molecule has 2 rings (SSSR count). The second-order valence-corrected chi connectivity index (χ2v) is 3.63. The van der Waals surface area contributed by atoms with Gasteiger partial charge in [0.1, 0.15) is 5.82 Å². The van der Waals surface area contributed by atoms with Gasteiger partial charge in [-0.2, -0.15) is 0 Å². The monoisotopic (exact) mass is 247 g/mol. The highest BCUT2D eigenvalue weighted by Crippen LogP contribution is 2.22. The van der Waals surface area contributed by atoms with Gasteiger partial charge >= 0.3 is 5.97 Å². The van der Waals surface area contributed by atoms with Crippen molar-refractivity contribution < 1.29 is 13.9 Å². The molecule has 4 nitrogen and oxygen atoms in total. The highest BCUT2D eigenvalue weighted by Gasteiger charge is 2.11. The summed E-state index contributed by atoms with van der Waals surface area (Å²) in [6, 6.07) is 6.68. The number of esters is 1. The van der Waals surface area contributed by atoms with E-state index in [1.54, 1.807) is 6.07 Å². The molecule has 5 heteroatoms. The molecule has 0 aliphatic carbocycles. The molecule has 92 valence electrons. The van der Waals surface area contributed by atoms with Crippen LogP contribution in [0.3, 0.4) is 0 Å². The average Bonchev–Trinajstić information content (AvgIpc) is 2.38. The molecule has 0 amide bonds. The van der Waals surface area contributed by atoms with E-state index in [1.807, 2.05) is 0 Å². The van der Waals surface area contributed by atoms with Crippen molar-refractivity contribution in [2.45, 2.75) is 0 Å². The Labute approximate surface area is 102 Å². The van der Waals surface area contributed by atoms with Gasteiger partial charge in [0.15, 0.2) is 0 Å². The van der Waals surface area contributed by atoms with Gasteiger partial charge in [-0.05, 0) is 29.8 Å². The van der Waals surface area contributed by atoms with Gasteiger partial charge in [0, 0.05) is 17.8 Å². The van der Waals surface area contributed by atoms with E-state index in [9.17, 15) is 14.0 Å². The van der Waals surface area contributed by atoms with Gasteiger partial charge in [0.2, 0.25) is 5.56 Å². The van der Waals surface area contributed by atoms with Gasteiger partial charge in [-0.25, -0.2) is 9.18 Å². The molecule has 0 aliphatic heterocycles. The van der Waals surface area contributed by atoms with Crippen molar-refractivity contribution in [3.05, 3.63) is 58.3 Å². The third kappa shape index (κ3) is 2.29. The highest BCUT2D eigenvalue weighted by atomic mass is 19.1. The number of methoxy groups -OCH3 is 1. The SMILES string of the molecule is COC(=O)c1ccc(F)c(-c2cc[nH]c(=O)c2)c1. The summed E-state index contributed by atoms with van der Waals surface area (Å²) in [7, 11) is 1.25. The lowest BCUT2D eigenvalue weighted by Crippen LogP contribution is -2.04. The number of benzene rings is 1. The molecule has 1 heterocycles. The molecule has 1 aromatic carbocycles. The summed E-state index contributed by atoms with van der Waals surface area (Å²) in [4.78, 5) is 25.0. The first-order chi connectivity index (χ1) is 8.61. The molecule has 18 heavy (non-hydrogen) atoms. The van der Waals surface area contributed by atoms with E-state index in [0.717, 1.165) is 0 Å². The van der Waals surface area contributed by atoms with Crippen LogP contribution in [-0.2, 0) is 4.74 Å². The number of hydrogen-bond donors (Lipinski definition) is 1. The number of nitrogens with one attached hydrogen (secondary N) is 1. The Bertz CT molecular complexity index is 649. The fourth-order valence-corrected chi connectivity index (χ4v) is 1.60. The first-order valence-corrected chi connectivity index (χ1v) is 5.19. The van der Waals surface area contributed by atoms with Crippen molar-refractivity contribution in [2.24, 2.45) is 0 Å². The first-order valence-electron chi connectivity index (χ1n) is 5.19. The Morgan fingerprint density at radius 2 is 2.06 bits per heavy atom. The van der Waals surface area contributed by atoms with Gasteiger partial charge < -0.3 is 9.72 Å². The molecule has 2 aromatic rings. The number of halogens is 1. The Morgan fingerprint density at radius 1 is 1.28 bits per heavy atom. The zero-order chi connectivity index (χ0) is 13.1. The van der Waals surface area contributed by atoms with E-state index in [4.69, 9.17) is 0 Å². The number of aromatic nitrogens is 1. The quantitative estimate of drug-likeness (QED) is 0.825. The molecule has 1 N–H and O–H groups in total. The van der Waals surface area contributed by atoms with E-state index in [-0.39, 0.29) is 16.7 Å². The number of hydrogen-bond acceptors (Lipinski definition) is 3. The summed E-state index contributed by atoms with van der Waals surface area (Å²) in [5.41, 5.74) is 0.482. The van der Waals surface area contributed by atoms with Crippen molar-refractivity contribution in [3.63, 3.8) is 0 Å². The third-order valence-electron chi connectivity index (χ3n) is 2.47. The first kappa shape index (κ1) is 12.0. The number of H-pyrrole nitrogens is 1. The normalized spacial score (nSPS) is 10.1. The standard InChI is InChI=1S/C13H10FNO3/c1-18-13(17)9-2-3-11(14)10(6-9)8-4-5-15-12(16)7-8/h2-7H,1H3,(H,15,16). The van der Waals surface area contributed by atoms with Crippen LogP contribution in [0.25, 0.3) is 11.1 Å². The predicted octanol–water partition coefficient (Wildman–Crippen LogP) is 1.97. The topological polar surface area (TPSA) is 59.2 Å². The summed E-state index contributed by atoms with van der Waals surface area (Å²) in [6.45, 7) is 0. The van der Waals surface area contributed by atoms with Crippen LogP contribution in [-0.4, -0.2) is 18.1 Å². The Morgan fingerprint density at radius 3 is 2.72 bits per heavy atom. The maximum absolute atomic E-state index is 13.7. The van der Waals surface area contributed by atoms with Crippen LogP contribution in [0.1, 0.15) is 10.4 Å². The molecule has 0 atom stereocenters. The molecule has 0 saturated carbocycles. The zero-order valence-corrected chi connectivity index (χ0v) is 9.57. The highest BCUT2D eigenvalue weighted by molar-refractivity contribution is 5.91. The lowest BCUT2D eigenvalue weighted by atomic mass is 10.0. The summed E-state index contributed by atoms with van der Waals surface area (Å²) >= 11 is 0. The fraction of sp³-hybridized carbons (Fsp3) is 0.0769. The maximum Gasteiger partial charge on any atom is 0.337 e. The number of aromatic amines is 1. The molecule has 0 fully saturated rings. The van der Waals surface area contributed by atoms with Crippen LogP contribution in [0.15, 0.2) is 41.3 Å². The van der Waals surface area contributed by atoms with Gasteiger partial charge in [0.05, 0.1) is 12.7 Å². The molecule has 0 saturated heterocycles. The number of ether oxygens (including phenoxy) is 1. The van der Waals surface area contributed by atoms with Crippen LogP contribution >= 0.6 is 0 Å². The van der Waals surface area contributed by atoms with E-state index >= 15 is 0 Å². The van der Waals surface area contributed by atoms with Crippen LogP contribution < -0.4 is 5.56 Å². The number of carbonyl (C=O) groups excluding carboxylic acids is 1. The minimum atomic E-state index is -0.555. The molecule has 1 aromatic heterocycles. The summed E-state index contributed by atoms with van der Waals surface area (Å²) in [5, 5.41) is 0. The largest absolute Gasteiger partial charge is 0.465 e. The van der Waals surface area contributed by atoms with Gasteiger partial charge in [-0.3, -0.25) is 4.79 Å². The Balaban J connectivity index is 2.56. The van der Waals surface area contributed by atoms with E-state index in [2.05, 4.69) is 9.72 Å². The third-order valence-corrected chi connectivity index (χ3v) is 2.47. The molecule has 0 spiro atoms. The predicted molar refractivity (Wildman–Crippen MR) is 63.8 cm³/mol. The summed E-state index contributed by atoms with van der Waals surface area (Å²) in [5.74, 6) is -1.06. The molecular weight excluding hydrogens is 237 g/mol. The maximum atomic E-state index is 13.7. The second-order valence-electron chi connectivity index (χ2n) is 3.63. The van der Waals surface area contributed by atoms with Crippen molar-refractivity contribution in [1.82, 2.24) is 4.98 Å². The minimum Gasteiger partial charge on any atom is -0.465 e. The molecule has 0 bridgehead atoms. The molecule has 0 radical (unpaired) electrons. The Hall–Kier alpha value is -2.43. The number of rotatable bonds is 2.